The summed E-state index contributed by atoms with van der Waals surface area (Å²) in [5.74, 6) is -0.969. The highest BCUT2D eigenvalue weighted by atomic mass is 16.4. The van der Waals surface area contributed by atoms with E-state index in [1.165, 1.54) is 0 Å². The lowest BCUT2D eigenvalue weighted by molar-refractivity contribution is -0.137. The van der Waals surface area contributed by atoms with E-state index < -0.39 is 18.2 Å². The molecular formula is C18H30O5. The van der Waals surface area contributed by atoms with Crippen LogP contribution in [-0.4, -0.2) is 39.3 Å². The van der Waals surface area contributed by atoms with Crippen LogP contribution in [-0.2, 0) is 9.59 Å². The van der Waals surface area contributed by atoms with Crippen molar-refractivity contribution in [1.82, 2.24) is 0 Å². The summed E-state index contributed by atoms with van der Waals surface area (Å²) in [5.41, 5.74) is 0. The summed E-state index contributed by atoms with van der Waals surface area (Å²) < 4.78 is 0. The van der Waals surface area contributed by atoms with Gasteiger partial charge in [-0.15, -0.1) is 0 Å². The van der Waals surface area contributed by atoms with E-state index in [9.17, 15) is 19.8 Å². The van der Waals surface area contributed by atoms with E-state index in [-0.39, 0.29) is 30.5 Å². The minimum atomic E-state index is -0.751. The second-order valence-electron chi connectivity index (χ2n) is 6.48. The lowest BCUT2D eigenvalue weighted by Crippen LogP contribution is -2.19. The van der Waals surface area contributed by atoms with Crippen LogP contribution in [0.5, 0.6) is 0 Å². The minimum absolute atomic E-state index is 0.115. The van der Waals surface area contributed by atoms with Crippen LogP contribution < -0.4 is 0 Å². The summed E-state index contributed by atoms with van der Waals surface area (Å²) in [5, 5.41) is 28.2. The van der Waals surface area contributed by atoms with Gasteiger partial charge >= 0.3 is 5.97 Å². The van der Waals surface area contributed by atoms with Gasteiger partial charge in [0.25, 0.3) is 0 Å². The molecular weight excluding hydrogens is 296 g/mol. The fourth-order valence-corrected chi connectivity index (χ4v) is 3.16. The number of Topliss-reactive ketones (excluding diaryl/α,β-unsaturated/α-hetero) is 1. The first-order valence-electron chi connectivity index (χ1n) is 8.74. The molecule has 3 N–H and O–H groups in total. The number of carbonyl (C=O) groups is 2. The van der Waals surface area contributed by atoms with Gasteiger partial charge in [-0.05, 0) is 19.3 Å². The third-order valence-electron chi connectivity index (χ3n) is 4.61. The molecule has 5 nitrogen and oxygen atoms in total. The molecule has 0 heterocycles. The average Bonchev–Trinajstić information content (AvgIpc) is 2.77. The lowest BCUT2D eigenvalue weighted by atomic mass is 9.88. The Morgan fingerprint density at radius 3 is 2.57 bits per heavy atom. The van der Waals surface area contributed by atoms with Crippen LogP contribution in [0.3, 0.4) is 0 Å². The van der Waals surface area contributed by atoms with Crippen LogP contribution in [0.15, 0.2) is 12.2 Å². The zero-order chi connectivity index (χ0) is 17.2. The van der Waals surface area contributed by atoms with Gasteiger partial charge in [0.15, 0.2) is 0 Å². The Hall–Kier alpha value is -1.20. The molecule has 0 aromatic heterocycles. The standard InChI is InChI=1S/C18H30O5/c1-2-13(19)10-11-15-14(16(20)12-17(15)21)8-6-4-3-5-7-9-18(22)23/h10-11,13-15,17,19,21H,2-9,12H2,1H3,(H,22,23)/b11-10+. The molecule has 0 amide bonds. The van der Waals surface area contributed by atoms with Crippen molar-refractivity contribution < 1.29 is 24.9 Å². The highest BCUT2D eigenvalue weighted by molar-refractivity contribution is 5.84. The monoisotopic (exact) mass is 326 g/mol. The van der Waals surface area contributed by atoms with Gasteiger partial charge in [0.1, 0.15) is 5.78 Å². The summed E-state index contributed by atoms with van der Waals surface area (Å²) in [6, 6.07) is 0. The van der Waals surface area contributed by atoms with E-state index >= 15 is 0 Å². The van der Waals surface area contributed by atoms with Gasteiger partial charge in [0, 0.05) is 24.7 Å². The Kier molecular flexibility index (Phi) is 9.10. The summed E-state index contributed by atoms with van der Waals surface area (Å²) >= 11 is 0. The molecule has 5 heteroatoms. The molecule has 1 aliphatic rings. The molecule has 1 fully saturated rings. The second kappa shape index (κ2) is 10.6. The fourth-order valence-electron chi connectivity index (χ4n) is 3.16. The number of aliphatic hydroxyl groups excluding tert-OH is 2. The first-order valence-corrected chi connectivity index (χ1v) is 8.74. The fraction of sp³-hybridized carbons (Fsp3) is 0.778. The number of carbonyl (C=O) groups excluding carboxylic acids is 1. The second-order valence-corrected chi connectivity index (χ2v) is 6.48. The van der Waals surface area contributed by atoms with Gasteiger partial charge in [-0.3, -0.25) is 9.59 Å². The SMILES string of the molecule is CCC(O)/C=C/C1C(O)CC(=O)C1CCCCCCCC(=O)O. The van der Waals surface area contributed by atoms with Gasteiger partial charge in [-0.1, -0.05) is 44.8 Å². The van der Waals surface area contributed by atoms with E-state index in [4.69, 9.17) is 5.11 Å². The van der Waals surface area contributed by atoms with Crippen LogP contribution in [0, 0.1) is 11.8 Å². The Morgan fingerprint density at radius 1 is 1.26 bits per heavy atom. The van der Waals surface area contributed by atoms with Crippen LogP contribution >= 0.6 is 0 Å². The third kappa shape index (κ3) is 7.27. The molecule has 0 bridgehead atoms. The summed E-state index contributed by atoms with van der Waals surface area (Å²) in [7, 11) is 0. The quantitative estimate of drug-likeness (QED) is 0.401. The number of aliphatic carboxylic acids is 1. The van der Waals surface area contributed by atoms with Crippen molar-refractivity contribution in [3.8, 4) is 0 Å². The average molecular weight is 326 g/mol. The topological polar surface area (TPSA) is 94.8 Å². The largest absolute Gasteiger partial charge is 0.481 e. The first kappa shape index (κ1) is 19.8. The minimum Gasteiger partial charge on any atom is -0.481 e. The Labute approximate surface area is 138 Å². The molecule has 1 saturated carbocycles. The van der Waals surface area contributed by atoms with Crippen LogP contribution in [0.1, 0.15) is 64.7 Å². The van der Waals surface area contributed by atoms with Gasteiger partial charge in [0.2, 0.25) is 0 Å². The number of ketones is 1. The third-order valence-corrected chi connectivity index (χ3v) is 4.61. The molecule has 0 spiro atoms. The molecule has 1 rings (SSSR count). The van der Waals surface area contributed by atoms with E-state index in [0.29, 0.717) is 12.8 Å². The predicted molar refractivity (Wildman–Crippen MR) is 88.0 cm³/mol. The highest BCUT2D eigenvalue weighted by Crippen LogP contribution is 2.34. The van der Waals surface area contributed by atoms with Crippen molar-refractivity contribution in [3.63, 3.8) is 0 Å². The zero-order valence-corrected chi connectivity index (χ0v) is 14.0. The Bertz CT molecular complexity index is 404. The van der Waals surface area contributed by atoms with Crippen LogP contribution in [0.25, 0.3) is 0 Å². The predicted octanol–water partition coefficient (Wildman–Crippen LogP) is 2.69. The zero-order valence-electron chi connectivity index (χ0n) is 14.0. The maximum atomic E-state index is 12.0. The number of carboxylic acid groups (broad SMARTS) is 1. The van der Waals surface area contributed by atoms with E-state index in [1.807, 2.05) is 6.92 Å². The molecule has 0 aromatic rings. The summed E-state index contributed by atoms with van der Waals surface area (Å²) in [4.78, 5) is 22.4. The van der Waals surface area contributed by atoms with Crippen molar-refractivity contribution in [1.29, 1.82) is 0 Å². The highest BCUT2D eigenvalue weighted by Gasteiger charge is 2.39. The van der Waals surface area contributed by atoms with E-state index in [2.05, 4.69) is 0 Å². The van der Waals surface area contributed by atoms with Crippen LogP contribution in [0.2, 0.25) is 0 Å². The number of unbranched alkanes of at least 4 members (excludes halogenated alkanes) is 4. The van der Waals surface area contributed by atoms with Gasteiger partial charge in [-0.2, -0.15) is 0 Å². The van der Waals surface area contributed by atoms with Crippen molar-refractivity contribution in [2.45, 2.75) is 76.9 Å². The number of hydrogen-bond acceptors (Lipinski definition) is 4. The molecule has 0 radical (unpaired) electrons. The maximum Gasteiger partial charge on any atom is 0.303 e. The molecule has 0 aliphatic heterocycles. The van der Waals surface area contributed by atoms with Gasteiger partial charge in [0.05, 0.1) is 12.2 Å². The van der Waals surface area contributed by atoms with Crippen LogP contribution in [0.4, 0.5) is 0 Å². The molecule has 1 aliphatic carbocycles. The number of rotatable bonds is 11. The van der Waals surface area contributed by atoms with Crippen molar-refractivity contribution in [2.75, 3.05) is 0 Å². The number of carboxylic acids is 1. The lowest BCUT2D eigenvalue weighted by Gasteiger charge is -2.17. The molecule has 0 aromatic carbocycles. The number of hydrogen-bond donors (Lipinski definition) is 3. The summed E-state index contributed by atoms with van der Waals surface area (Å²) in [6.07, 6.45) is 8.62. The van der Waals surface area contributed by atoms with E-state index in [1.54, 1.807) is 12.2 Å². The molecule has 4 atom stereocenters. The van der Waals surface area contributed by atoms with Crippen molar-refractivity contribution >= 4 is 11.8 Å². The normalized spacial score (nSPS) is 26.0. The van der Waals surface area contributed by atoms with E-state index in [0.717, 1.165) is 32.1 Å². The van der Waals surface area contributed by atoms with Gasteiger partial charge in [-0.25, -0.2) is 0 Å². The smallest absolute Gasteiger partial charge is 0.303 e. The molecule has 0 saturated heterocycles. The van der Waals surface area contributed by atoms with Crippen molar-refractivity contribution in [3.05, 3.63) is 12.2 Å². The molecule has 4 unspecified atom stereocenters. The number of aliphatic hydroxyl groups is 2. The Morgan fingerprint density at radius 2 is 1.91 bits per heavy atom. The van der Waals surface area contributed by atoms with Gasteiger partial charge < -0.3 is 15.3 Å². The van der Waals surface area contributed by atoms with Crippen molar-refractivity contribution in [2.24, 2.45) is 11.8 Å². The first-order chi connectivity index (χ1) is 11.0. The molecule has 132 valence electrons. The Balaban J connectivity index is 2.33. The maximum absolute atomic E-state index is 12.0. The molecule has 23 heavy (non-hydrogen) atoms. The summed E-state index contributed by atoms with van der Waals surface area (Å²) in [6.45, 7) is 1.88.